The van der Waals surface area contributed by atoms with Crippen LogP contribution in [0.5, 0.6) is 0 Å². The molecule has 0 atom stereocenters. The lowest BCUT2D eigenvalue weighted by Crippen LogP contribution is -2.53. The molecule has 0 bridgehead atoms. The second-order valence-corrected chi connectivity index (χ2v) is 9.52. The first-order valence-corrected chi connectivity index (χ1v) is 11.1. The number of amides is 2. The van der Waals surface area contributed by atoms with E-state index in [9.17, 15) is 13.2 Å². The number of piperazine rings is 1. The van der Waals surface area contributed by atoms with Crippen LogP contribution in [0.15, 0.2) is 16.6 Å². The van der Waals surface area contributed by atoms with Crippen molar-refractivity contribution in [2.24, 2.45) is 7.05 Å². The first kappa shape index (κ1) is 20.6. The van der Waals surface area contributed by atoms with Crippen molar-refractivity contribution in [2.45, 2.75) is 18.5 Å². The number of nitrogens with zero attached hydrogens (tertiary/aromatic N) is 6. The molecule has 0 aliphatic carbocycles. The summed E-state index contributed by atoms with van der Waals surface area (Å²) >= 11 is 1.52. The van der Waals surface area contributed by atoms with Gasteiger partial charge in [0.25, 0.3) is 10.0 Å². The summed E-state index contributed by atoms with van der Waals surface area (Å²) in [5.74, 6) is 0.635. The van der Waals surface area contributed by atoms with Gasteiger partial charge >= 0.3 is 6.03 Å². The fourth-order valence-corrected chi connectivity index (χ4v) is 4.98. The van der Waals surface area contributed by atoms with Gasteiger partial charge < -0.3 is 19.7 Å². The van der Waals surface area contributed by atoms with Gasteiger partial charge in [-0.05, 0) is 6.92 Å². The van der Waals surface area contributed by atoms with Crippen molar-refractivity contribution in [3.8, 4) is 0 Å². The Morgan fingerprint density at radius 2 is 1.93 bits per heavy atom. The van der Waals surface area contributed by atoms with Crippen LogP contribution in [0.1, 0.15) is 11.5 Å². The van der Waals surface area contributed by atoms with E-state index in [1.165, 1.54) is 21.8 Å². The Kier molecular flexibility index (Phi) is 5.91. The molecule has 0 aromatic carbocycles. The van der Waals surface area contributed by atoms with Crippen LogP contribution in [-0.2, 0) is 23.6 Å². The van der Waals surface area contributed by atoms with Crippen LogP contribution in [0.4, 0.5) is 9.93 Å². The van der Waals surface area contributed by atoms with Crippen LogP contribution in [0.3, 0.4) is 0 Å². The monoisotopic (exact) mass is 427 g/mol. The summed E-state index contributed by atoms with van der Waals surface area (Å²) in [6.45, 7) is 3.24. The van der Waals surface area contributed by atoms with Gasteiger partial charge in [0.1, 0.15) is 5.82 Å². The minimum atomic E-state index is -3.64. The molecule has 28 heavy (non-hydrogen) atoms. The molecular formula is C16H25N7O3S2. The molecule has 0 unspecified atom stereocenters. The number of thiazole rings is 1. The second kappa shape index (κ2) is 8.05. The summed E-state index contributed by atoms with van der Waals surface area (Å²) in [6, 6.07) is -0.217. The fourth-order valence-electron chi connectivity index (χ4n) is 2.78. The van der Waals surface area contributed by atoms with Crippen molar-refractivity contribution < 1.29 is 13.2 Å². The first-order chi connectivity index (χ1) is 13.2. The van der Waals surface area contributed by atoms with E-state index in [0.717, 1.165) is 10.8 Å². The standard InChI is InChI=1S/C16H25N7O3S2/c1-12-18-14(10-21(12)4)28(25,26)23-7-5-22(6-8-23)15(24)17-9-13-11-27-16(19-13)20(2)3/h10-11H,5-9H2,1-4H3,(H,17,24). The molecule has 0 spiro atoms. The molecule has 1 saturated heterocycles. The summed E-state index contributed by atoms with van der Waals surface area (Å²) in [7, 11) is 1.95. The lowest BCUT2D eigenvalue weighted by molar-refractivity contribution is 0.172. The van der Waals surface area contributed by atoms with E-state index in [1.54, 1.807) is 23.4 Å². The third-order valence-corrected chi connectivity index (χ3v) is 7.39. The summed E-state index contributed by atoms with van der Waals surface area (Å²) in [5.41, 5.74) is 0.800. The Morgan fingerprint density at radius 3 is 2.46 bits per heavy atom. The minimum absolute atomic E-state index is 0.0469. The molecule has 1 fully saturated rings. The number of aryl methyl sites for hydroxylation is 2. The fraction of sp³-hybridized carbons (Fsp3) is 0.562. The zero-order valence-electron chi connectivity index (χ0n) is 16.4. The quantitative estimate of drug-likeness (QED) is 0.744. The molecule has 1 N–H and O–H groups in total. The number of anilines is 1. The van der Waals surface area contributed by atoms with Crippen molar-refractivity contribution >= 4 is 32.5 Å². The molecular weight excluding hydrogens is 402 g/mol. The Labute approximate surface area is 168 Å². The van der Waals surface area contributed by atoms with Crippen molar-refractivity contribution in [2.75, 3.05) is 45.2 Å². The van der Waals surface area contributed by atoms with Crippen LogP contribution in [0.25, 0.3) is 0 Å². The predicted octanol–water partition coefficient (Wildman–Crippen LogP) is 0.467. The van der Waals surface area contributed by atoms with E-state index >= 15 is 0 Å². The van der Waals surface area contributed by atoms with Gasteiger partial charge in [-0.15, -0.1) is 11.3 Å². The van der Waals surface area contributed by atoms with Crippen molar-refractivity contribution in [1.29, 1.82) is 0 Å². The van der Waals surface area contributed by atoms with Crippen LogP contribution >= 0.6 is 11.3 Å². The van der Waals surface area contributed by atoms with Crippen molar-refractivity contribution in [3.63, 3.8) is 0 Å². The van der Waals surface area contributed by atoms with Gasteiger partial charge in [0, 0.05) is 58.9 Å². The third-order valence-electron chi connectivity index (χ3n) is 4.56. The van der Waals surface area contributed by atoms with E-state index < -0.39 is 10.0 Å². The van der Waals surface area contributed by atoms with Crippen LogP contribution < -0.4 is 10.2 Å². The number of sulfonamides is 1. The molecule has 3 heterocycles. The number of urea groups is 1. The maximum atomic E-state index is 12.7. The van der Waals surface area contributed by atoms with Gasteiger partial charge in [-0.1, -0.05) is 0 Å². The number of carbonyl (C=O) groups excluding carboxylic acids is 1. The topological polar surface area (TPSA) is 104 Å². The highest BCUT2D eigenvalue weighted by molar-refractivity contribution is 7.89. The SMILES string of the molecule is Cc1nc(S(=O)(=O)N2CCN(C(=O)NCc3csc(N(C)C)n3)CC2)cn1C. The lowest BCUT2D eigenvalue weighted by atomic mass is 10.4. The molecule has 10 nitrogen and oxygen atoms in total. The zero-order valence-corrected chi connectivity index (χ0v) is 18.0. The van der Waals surface area contributed by atoms with Crippen molar-refractivity contribution in [3.05, 3.63) is 23.1 Å². The number of hydrogen-bond donors (Lipinski definition) is 1. The van der Waals surface area contributed by atoms with Crippen LogP contribution in [0, 0.1) is 6.92 Å². The van der Waals surface area contributed by atoms with Gasteiger partial charge in [0.2, 0.25) is 0 Å². The molecule has 3 rings (SSSR count). The van der Waals surface area contributed by atoms with E-state index in [4.69, 9.17) is 0 Å². The van der Waals surface area contributed by atoms with Gasteiger partial charge in [-0.3, -0.25) is 0 Å². The largest absolute Gasteiger partial charge is 0.354 e. The Balaban J connectivity index is 1.53. The van der Waals surface area contributed by atoms with E-state index in [2.05, 4.69) is 15.3 Å². The predicted molar refractivity (Wildman–Crippen MR) is 107 cm³/mol. The highest BCUT2D eigenvalue weighted by Crippen LogP contribution is 2.18. The molecule has 154 valence electrons. The van der Waals surface area contributed by atoms with E-state index in [-0.39, 0.29) is 24.1 Å². The number of nitrogens with one attached hydrogen (secondary N) is 1. The average molecular weight is 428 g/mol. The highest BCUT2D eigenvalue weighted by atomic mass is 32.2. The molecule has 0 radical (unpaired) electrons. The van der Waals surface area contributed by atoms with Gasteiger partial charge in [0.15, 0.2) is 10.2 Å². The lowest BCUT2D eigenvalue weighted by Gasteiger charge is -2.33. The zero-order chi connectivity index (χ0) is 20.5. The van der Waals surface area contributed by atoms with Crippen LogP contribution in [-0.4, -0.2) is 78.5 Å². The molecule has 2 aromatic heterocycles. The molecule has 1 aliphatic heterocycles. The maximum Gasteiger partial charge on any atom is 0.317 e. The second-order valence-electron chi connectivity index (χ2n) is 6.80. The number of carbonyl (C=O) groups is 1. The summed E-state index contributed by atoms with van der Waals surface area (Å²) in [4.78, 5) is 24.5. The Hall–Kier alpha value is -2.18. The highest BCUT2D eigenvalue weighted by Gasteiger charge is 2.31. The molecule has 12 heteroatoms. The summed E-state index contributed by atoms with van der Waals surface area (Å²) < 4.78 is 28.5. The summed E-state index contributed by atoms with van der Waals surface area (Å²) in [6.07, 6.45) is 1.51. The average Bonchev–Trinajstić information content (AvgIpc) is 3.27. The molecule has 0 saturated carbocycles. The normalized spacial score (nSPS) is 15.6. The molecule has 2 aromatic rings. The van der Waals surface area contributed by atoms with Crippen molar-refractivity contribution in [1.82, 2.24) is 29.1 Å². The third kappa shape index (κ3) is 4.28. The number of aromatic nitrogens is 3. The summed E-state index contributed by atoms with van der Waals surface area (Å²) in [5, 5.41) is 5.69. The Bertz CT molecular complexity index is 924. The van der Waals surface area contributed by atoms with Gasteiger partial charge in [0.05, 0.1) is 12.2 Å². The first-order valence-electron chi connectivity index (χ1n) is 8.83. The van der Waals surface area contributed by atoms with E-state index in [0.29, 0.717) is 25.5 Å². The number of hydrogen-bond acceptors (Lipinski definition) is 7. The van der Waals surface area contributed by atoms with Gasteiger partial charge in [-0.25, -0.2) is 23.2 Å². The van der Waals surface area contributed by atoms with Gasteiger partial charge in [-0.2, -0.15) is 4.31 Å². The smallest absolute Gasteiger partial charge is 0.317 e. The maximum absolute atomic E-state index is 12.7. The Morgan fingerprint density at radius 1 is 1.25 bits per heavy atom. The number of imidazole rings is 1. The van der Waals surface area contributed by atoms with Crippen LogP contribution in [0.2, 0.25) is 0 Å². The van der Waals surface area contributed by atoms with E-state index in [1.807, 2.05) is 24.4 Å². The molecule has 1 aliphatic rings. The number of rotatable bonds is 5. The molecule has 2 amide bonds. The minimum Gasteiger partial charge on any atom is -0.354 e.